The SMILES string of the molecule is CC1(C)[C@@H]2CC[C@@]1(C)/C(=N/NC(=O)Cn1cnc3ccccc3c1=O)C2. The molecule has 2 atom stereocenters. The monoisotopic (exact) mass is 352 g/mol. The fourth-order valence-electron chi connectivity index (χ4n) is 4.64. The van der Waals surface area contributed by atoms with E-state index in [-0.39, 0.29) is 28.8 Å². The lowest BCUT2D eigenvalue weighted by Crippen LogP contribution is -2.35. The lowest BCUT2D eigenvalue weighted by atomic mass is 9.70. The minimum atomic E-state index is -0.305. The van der Waals surface area contributed by atoms with Crippen LogP contribution in [-0.2, 0) is 11.3 Å². The van der Waals surface area contributed by atoms with Gasteiger partial charge < -0.3 is 0 Å². The molecule has 6 heteroatoms. The summed E-state index contributed by atoms with van der Waals surface area (Å²) in [5.74, 6) is 0.330. The Morgan fingerprint density at radius 3 is 2.81 bits per heavy atom. The summed E-state index contributed by atoms with van der Waals surface area (Å²) in [5.41, 5.74) is 4.42. The molecule has 6 nitrogen and oxygen atoms in total. The quantitative estimate of drug-likeness (QED) is 0.863. The van der Waals surface area contributed by atoms with Crippen molar-refractivity contribution in [2.45, 2.75) is 46.6 Å². The molecule has 1 heterocycles. The Morgan fingerprint density at radius 1 is 1.35 bits per heavy atom. The minimum absolute atomic E-state index is 0.0479. The Balaban J connectivity index is 1.51. The van der Waals surface area contributed by atoms with E-state index in [9.17, 15) is 9.59 Å². The molecule has 136 valence electrons. The van der Waals surface area contributed by atoms with Crippen molar-refractivity contribution in [1.82, 2.24) is 15.0 Å². The van der Waals surface area contributed by atoms with Gasteiger partial charge in [0.15, 0.2) is 0 Å². The zero-order valence-electron chi connectivity index (χ0n) is 15.5. The average Bonchev–Trinajstić information content (AvgIpc) is 2.96. The topological polar surface area (TPSA) is 76.3 Å². The summed E-state index contributed by atoms with van der Waals surface area (Å²) in [4.78, 5) is 29.0. The Kier molecular flexibility index (Phi) is 3.75. The van der Waals surface area contributed by atoms with E-state index in [0.717, 1.165) is 18.6 Å². The van der Waals surface area contributed by atoms with Crippen molar-refractivity contribution >= 4 is 22.5 Å². The van der Waals surface area contributed by atoms with Gasteiger partial charge in [-0.25, -0.2) is 10.4 Å². The smallest absolute Gasteiger partial charge is 0.261 e. The lowest BCUT2D eigenvalue weighted by Gasteiger charge is -2.34. The van der Waals surface area contributed by atoms with E-state index in [1.807, 2.05) is 6.07 Å². The summed E-state index contributed by atoms with van der Waals surface area (Å²) in [7, 11) is 0. The molecule has 0 spiro atoms. The number of benzene rings is 1. The lowest BCUT2D eigenvalue weighted by molar-refractivity contribution is -0.121. The van der Waals surface area contributed by atoms with E-state index in [4.69, 9.17) is 0 Å². The van der Waals surface area contributed by atoms with Crippen LogP contribution >= 0.6 is 0 Å². The minimum Gasteiger partial charge on any atom is -0.289 e. The number of hydrogen-bond donors (Lipinski definition) is 1. The van der Waals surface area contributed by atoms with Crippen molar-refractivity contribution in [2.24, 2.45) is 21.8 Å². The number of carbonyl (C=O) groups is 1. The van der Waals surface area contributed by atoms with Crippen LogP contribution in [0.25, 0.3) is 10.9 Å². The molecule has 26 heavy (non-hydrogen) atoms. The van der Waals surface area contributed by atoms with Crippen LogP contribution in [0.3, 0.4) is 0 Å². The number of aromatic nitrogens is 2. The first kappa shape index (κ1) is 16.9. The highest BCUT2D eigenvalue weighted by Gasteiger charge is 2.59. The van der Waals surface area contributed by atoms with Gasteiger partial charge in [0, 0.05) is 11.1 Å². The van der Waals surface area contributed by atoms with Crippen molar-refractivity contribution in [1.29, 1.82) is 0 Å². The summed E-state index contributed by atoms with van der Waals surface area (Å²) in [5, 5.41) is 4.95. The molecule has 2 saturated carbocycles. The normalized spacial score (nSPS) is 28.0. The van der Waals surface area contributed by atoms with Crippen molar-refractivity contribution in [2.75, 3.05) is 0 Å². The van der Waals surface area contributed by atoms with Crippen LogP contribution < -0.4 is 11.0 Å². The molecule has 2 bridgehead atoms. The molecule has 1 N–H and O–H groups in total. The van der Waals surface area contributed by atoms with Gasteiger partial charge in [-0.1, -0.05) is 32.9 Å². The number of fused-ring (bicyclic) bond motifs is 3. The predicted molar refractivity (Wildman–Crippen MR) is 101 cm³/mol. The molecule has 2 fully saturated rings. The second-order valence-corrected chi connectivity index (χ2v) is 8.28. The van der Waals surface area contributed by atoms with E-state index in [1.54, 1.807) is 18.2 Å². The zero-order valence-corrected chi connectivity index (χ0v) is 15.5. The highest BCUT2D eigenvalue weighted by atomic mass is 16.2. The predicted octanol–water partition coefficient (Wildman–Crippen LogP) is 2.71. The van der Waals surface area contributed by atoms with Crippen LogP contribution in [0.2, 0.25) is 0 Å². The third kappa shape index (κ3) is 2.39. The second kappa shape index (κ2) is 5.76. The van der Waals surface area contributed by atoms with Crippen LogP contribution in [0.5, 0.6) is 0 Å². The van der Waals surface area contributed by atoms with Crippen molar-refractivity contribution < 1.29 is 4.79 Å². The first-order valence-corrected chi connectivity index (χ1v) is 9.13. The number of hydrogen-bond acceptors (Lipinski definition) is 4. The molecular formula is C20H24N4O2. The first-order valence-electron chi connectivity index (χ1n) is 9.13. The maximum atomic E-state index is 12.5. The Morgan fingerprint density at radius 2 is 2.12 bits per heavy atom. The van der Waals surface area contributed by atoms with E-state index in [0.29, 0.717) is 16.8 Å². The van der Waals surface area contributed by atoms with Gasteiger partial charge in [0.1, 0.15) is 6.54 Å². The number of nitrogens with zero attached hydrogens (tertiary/aromatic N) is 3. The van der Waals surface area contributed by atoms with E-state index < -0.39 is 0 Å². The van der Waals surface area contributed by atoms with E-state index in [1.165, 1.54) is 17.3 Å². The summed E-state index contributed by atoms with van der Waals surface area (Å²) in [6, 6.07) is 7.13. The number of nitrogens with one attached hydrogen (secondary N) is 1. The molecule has 0 saturated heterocycles. The highest BCUT2D eigenvalue weighted by molar-refractivity contribution is 5.95. The number of rotatable bonds is 3. The highest BCUT2D eigenvalue weighted by Crippen LogP contribution is 2.63. The Bertz CT molecular complexity index is 975. The molecule has 0 aliphatic heterocycles. The van der Waals surface area contributed by atoms with E-state index in [2.05, 4.69) is 36.3 Å². The Hall–Kier alpha value is -2.50. The largest absolute Gasteiger partial charge is 0.289 e. The number of para-hydroxylation sites is 1. The zero-order chi connectivity index (χ0) is 18.5. The van der Waals surface area contributed by atoms with Crippen LogP contribution in [0.15, 0.2) is 40.5 Å². The van der Waals surface area contributed by atoms with Gasteiger partial charge in [0.05, 0.1) is 17.2 Å². The summed E-state index contributed by atoms with van der Waals surface area (Å²) >= 11 is 0. The molecule has 2 aliphatic rings. The van der Waals surface area contributed by atoms with Gasteiger partial charge in [0.25, 0.3) is 11.5 Å². The van der Waals surface area contributed by atoms with Gasteiger partial charge in [-0.2, -0.15) is 5.10 Å². The number of carbonyl (C=O) groups excluding carboxylic acids is 1. The third-order valence-electron chi connectivity index (χ3n) is 6.87. The molecule has 2 aliphatic carbocycles. The molecular weight excluding hydrogens is 328 g/mol. The average molecular weight is 352 g/mol. The van der Waals surface area contributed by atoms with Gasteiger partial charge in [-0.3, -0.25) is 14.2 Å². The fourth-order valence-corrected chi connectivity index (χ4v) is 4.64. The van der Waals surface area contributed by atoms with Gasteiger partial charge in [-0.15, -0.1) is 0 Å². The van der Waals surface area contributed by atoms with Crippen LogP contribution in [-0.4, -0.2) is 21.2 Å². The van der Waals surface area contributed by atoms with Crippen LogP contribution in [0, 0.1) is 16.7 Å². The molecule has 1 aromatic carbocycles. The first-order chi connectivity index (χ1) is 12.3. The standard InChI is InChI=1S/C20H24N4O2/c1-19(2)13-8-9-20(19,3)16(10-13)22-23-17(25)11-24-12-21-15-7-5-4-6-14(15)18(24)26/h4-7,12-13H,8-11H2,1-3H3,(H,23,25)/b22-16+/t13-,20+/m1/s1. The van der Waals surface area contributed by atoms with E-state index >= 15 is 0 Å². The molecule has 1 amide bonds. The maximum absolute atomic E-state index is 12.5. The molecule has 0 unspecified atom stereocenters. The fraction of sp³-hybridized carbons (Fsp3) is 0.500. The summed E-state index contributed by atoms with van der Waals surface area (Å²) in [6.07, 6.45) is 4.71. The van der Waals surface area contributed by atoms with Crippen LogP contribution in [0.4, 0.5) is 0 Å². The molecule has 4 rings (SSSR count). The maximum Gasteiger partial charge on any atom is 0.261 e. The molecule has 1 aromatic heterocycles. The summed E-state index contributed by atoms with van der Waals surface area (Å²) < 4.78 is 1.32. The van der Waals surface area contributed by atoms with Gasteiger partial charge >= 0.3 is 0 Å². The van der Waals surface area contributed by atoms with Crippen LogP contribution in [0.1, 0.15) is 40.0 Å². The number of amides is 1. The van der Waals surface area contributed by atoms with Gasteiger partial charge in [-0.05, 0) is 42.7 Å². The molecule has 2 aromatic rings. The second-order valence-electron chi connectivity index (χ2n) is 8.28. The van der Waals surface area contributed by atoms with Crippen molar-refractivity contribution in [3.63, 3.8) is 0 Å². The third-order valence-corrected chi connectivity index (χ3v) is 6.87. The summed E-state index contributed by atoms with van der Waals surface area (Å²) in [6.45, 7) is 6.77. The Labute approximate surface area is 152 Å². The molecule has 0 radical (unpaired) electrons. The number of hydrazone groups is 1. The van der Waals surface area contributed by atoms with Crippen molar-refractivity contribution in [3.05, 3.63) is 40.9 Å². The van der Waals surface area contributed by atoms with Gasteiger partial charge in [0.2, 0.25) is 0 Å². The van der Waals surface area contributed by atoms with Crippen molar-refractivity contribution in [3.8, 4) is 0 Å².